The molecule has 0 aliphatic heterocycles. The Hall–Kier alpha value is -0.730. The molecule has 1 fully saturated rings. The second kappa shape index (κ2) is 6.58. The van der Waals surface area contributed by atoms with Crippen molar-refractivity contribution in [3.8, 4) is 5.75 Å². The number of benzene rings is 1. The van der Waals surface area contributed by atoms with Crippen LogP contribution >= 0.6 is 11.6 Å². The van der Waals surface area contributed by atoms with Gasteiger partial charge in [0, 0.05) is 10.6 Å². The van der Waals surface area contributed by atoms with E-state index in [1.165, 1.54) is 6.42 Å². The minimum absolute atomic E-state index is 0.0249. The maximum Gasteiger partial charge on any atom is 0.120 e. The topological polar surface area (TPSA) is 21.3 Å². The van der Waals surface area contributed by atoms with Gasteiger partial charge in [0.05, 0.1) is 0 Å². The van der Waals surface area contributed by atoms with E-state index in [0.717, 1.165) is 48.6 Å². The van der Waals surface area contributed by atoms with E-state index in [4.69, 9.17) is 16.3 Å². The first-order chi connectivity index (χ1) is 9.84. The molecule has 21 heavy (non-hydrogen) atoms. The molecule has 2 rings (SSSR count). The van der Waals surface area contributed by atoms with Gasteiger partial charge in [-0.3, -0.25) is 0 Å². The highest BCUT2D eigenvalue weighted by atomic mass is 35.5. The lowest BCUT2D eigenvalue weighted by atomic mass is 9.77. The molecule has 3 heteroatoms. The van der Waals surface area contributed by atoms with E-state index in [-0.39, 0.29) is 11.1 Å². The summed E-state index contributed by atoms with van der Waals surface area (Å²) >= 11 is 6.18. The molecule has 1 aromatic carbocycles. The second-order valence-corrected chi connectivity index (χ2v) is 7.58. The molecule has 0 amide bonds. The van der Waals surface area contributed by atoms with Gasteiger partial charge in [-0.25, -0.2) is 0 Å². The molecule has 0 heterocycles. The van der Waals surface area contributed by atoms with E-state index >= 15 is 0 Å². The molecular formula is C18H28ClNO. The minimum atomic E-state index is 0.0249. The van der Waals surface area contributed by atoms with Gasteiger partial charge in [-0.05, 0) is 83.2 Å². The van der Waals surface area contributed by atoms with Crippen LogP contribution in [0.5, 0.6) is 5.75 Å². The first-order valence-corrected chi connectivity index (χ1v) is 8.44. The lowest BCUT2D eigenvalue weighted by molar-refractivity contribution is -0.0152. The minimum Gasteiger partial charge on any atom is -0.487 e. The highest BCUT2D eigenvalue weighted by molar-refractivity contribution is 6.31. The maximum atomic E-state index is 6.35. The van der Waals surface area contributed by atoms with Crippen LogP contribution in [0.2, 0.25) is 5.02 Å². The quantitative estimate of drug-likeness (QED) is 0.800. The molecule has 0 atom stereocenters. The predicted octanol–water partition coefficient (Wildman–Crippen LogP) is 4.98. The van der Waals surface area contributed by atoms with Gasteiger partial charge >= 0.3 is 0 Å². The Kier molecular flexibility index (Phi) is 5.21. The maximum absolute atomic E-state index is 6.35. The summed E-state index contributed by atoms with van der Waals surface area (Å²) in [4.78, 5) is 0. The lowest BCUT2D eigenvalue weighted by Gasteiger charge is -2.42. The highest BCUT2D eigenvalue weighted by Crippen LogP contribution is 2.40. The monoisotopic (exact) mass is 309 g/mol. The van der Waals surface area contributed by atoms with Crippen molar-refractivity contribution in [3.63, 3.8) is 0 Å². The standard InChI is InChI=1S/C18H28ClNO/c1-5-14-13-15(7-8-16(14)19)21-18(9-6-10-18)11-12-20-17(2,3)4/h7-8,13,20H,5-6,9-12H2,1-4H3. The number of ether oxygens (including phenoxy) is 1. The molecule has 1 aliphatic carbocycles. The van der Waals surface area contributed by atoms with Crippen LogP contribution in [0.1, 0.15) is 58.9 Å². The van der Waals surface area contributed by atoms with Gasteiger partial charge in [0.25, 0.3) is 0 Å². The van der Waals surface area contributed by atoms with E-state index in [9.17, 15) is 0 Å². The van der Waals surface area contributed by atoms with Crippen molar-refractivity contribution in [1.29, 1.82) is 0 Å². The molecule has 1 aliphatic rings. The van der Waals surface area contributed by atoms with Gasteiger partial charge in [0.1, 0.15) is 11.4 Å². The summed E-state index contributed by atoms with van der Waals surface area (Å²) < 4.78 is 6.35. The number of hydrogen-bond donors (Lipinski definition) is 1. The summed E-state index contributed by atoms with van der Waals surface area (Å²) in [5.74, 6) is 0.965. The summed E-state index contributed by atoms with van der Waals surface area (Å²) in [5.41, 5.74) is 1.36. The van der Waals surface area contributed by atoms with Crippen LogP contribution in [0.25, 0.3) is 0 Å². The fraction of sp³-hybridized carbons (Fsp3) is 0.667. The Bertz CT molecular complexity index is 475. The zero-order valence-electron chi connectivity index (χ0n) is 13.8. The van der Waals surface area contributed by atoms with Gasteiger partial charge in [0.15, 0.2) is 0 Å². The summed E-state index contributed by atoms with van der Waals surface area (Å²) in [7, 11) is 0. The predicted molar refractivity (Wildman–Crippen MR) is 90.4 cm³/mol. The van der Waals surface area contributed by atoms with Crippen molar-refractivity contribution in [1.82, 2.24) is 5.32 Å². The van der Waals surface area contributed by atoms with Gasteiger partial charge in [-0.2, -0.15) is 0 Å². The molecule has 1 saturated carbocycles. The van der Waals surface area contributed by atoms with E-state index in [0.29, 0.717) is 0 Å². The molecule has 1 aromatic rings. The van der Waals surface area contributed by atoms with Crippen LogP contribution in [0.3, 0.4) is 0 Å². The van der Waals surface area contributed by atoms with Crippen molar-refractivity contribution >= 4 is 11.6 Å². The van der Waals surface area contributed by atoms with E-state index in [2.05, 4.69) is 39.1 Å². The summed E-state index contributed by atoms with van der Waals surface area (Å²) in [5, 5.41) is 4.40. The van der Waals surface area contributed by atoms with Crippen molar-refractivity contribution < 1.29 is 4.74 Å². The second-order valence-electron chi connectivity index (χ2n) is 7.17. The Morgan fingerprint density at radius 3 is 2.52 bits per heavy atom. The molecule has 0 saturated heterocycles. The average Bonchev–Trinajstić information content (AvgIpc) is 2.36. The summed E-state index contributed by atoms with van der Waals surface area (Å²) in [6.07, 6.45) is 5.58. The van der Waals surface area contributed by atoms with Crippen LogP contribution < -0.4 is 10.1 Å². The Morgan fingerprint density at radius 1 is 1.29 bits per heavy atom. The molecular weight excluding hydrogens is 282 g/mol. The lowest BCUT2D eigenvalue weighted by Crippen LogP contribution is -2.47. The molecule has 1 N–H and O–H groups in total. The number of aryl methyl sites for hydroxylation is 1. The first kappa shape index (κ1) is 16.6. The molecule has 118 valence electrons. The summed E-state index contributed by atoms with van der Waals surface area (Å²) in [6.45, 7) is 9.73. The molecule has 0 spiro atoms. The third-order valence-corrected chi connectivity index (χ3v) is 4.60. The number of halogens is 1. The van der Waals surface area contributed by atoms with Crippen LogP contribution in [0.15, 0.2) is 18.2 Å². The van der Waals surface area contributed by atoms with Gasteiger partial charge < -0.3 is 10.1 Å². The normalized spacial score (nSPS) is 17.4. The third kappa shape index (κ3) is 4.62. The molecule has 0 bridgehead atoms. The van der Waals surface area contributed by atoms with Crippen molar-refractivity contribution in [2.24, 2.45) is 0 Å². The summed E-state index contributed by atoms with van der Waals surface area (Å²) in [6, 6.07) is 6.05. The Labute approximate surface area is 134 Å². The Balaban J connectivity index is 1.98. The fourth-order valence-corrected chi connectivity index (χ4v) is 3.03. The zero-order chi connectivity index (χ0) is 15.5. The largest absolute Gasteiger partial charge is 0.487 e. The molecule has 0 radical (unpaired) electrons. The van der Waals surface area contributed by atoms with E-state index in [1.54, 1.807) is 0 Å². The van der Waals surface area contributed by atoms with Crippen LogP contribution in [0, 0.1) is 0 Å². The smallest absolute Gasteiger partial charge is 0.120 e. The van der Waals surface area contributed by atoms with Crippen molar-refractivity contribution in [2.75, 3.05) is 6.54 Å². The molecule has 0 unspecified atom stereocenters. The van der Waals surface area contributed by atoms with Crippen LogP contribution in [-0.2, 0) is 6.42 Å². The molecule has 0 aromatic heterocycles. The number of nitrogens with one attached hydrogen (secondary N) is 1. The fourth-order valence-electron chi connectivity index (χ4n) is 2.78. The number of hydrogen-bond acceptors (Lipinski definition) is 2. The Morgan fingerprint density at radius 2 is 2.00 bits per heavy atom. The number of rotatable bonds is 6. The van der Waals surface area contributed by atoms with E-state index in [1.807, 2.05) is 12.1 Å². The SMILES string of the molecule is CCc1cc(OC2(CCNC(C)(C)C)CCC2)ccc1Cl. The van der Waals surface area contributed by atoms with E-state index < -0.39 is 0 Å². The third-order valence-electron chi connectivity index (χ3n) is 4.23. The van der Waals surface area contributed by atoms with Crippen LogP contribution in [-0.4, -0.2) is 17.7 Å². The first-order valence-electron chi connectivity index (χ1n) is 8.06. The van der Waals surface area contributed by atoms with Crippen LogP contribution in [0.4, 0.5) is 0 Å². The van der Waals surface area contributed by atoms with Gasteiger partial charge in [-0.1, -0.05) is 18.5 Å². The average molecular weight is 310 g/mol. The van der Waals surface area contributed by atoms with Gasteiger partial charge in [-0.15, -0.1) is 0 Å². The van der Waals surface area contributed by atoms with Crippen molar-refractivity contribution in [3.05, 3.63) is 28.8 Å². The molecule has 2 nitrogen and oxygen atoms in total. The van der Waals surface area contributed by atoms with Crippen molar-refractivity contribution in [2.45, 2.75) is 70.9 Å². The van der Waals surface area contributed by atoms with Gasteiger partial charge in [0.2, 0.25) is 0 Å². The zero-order valence-corrected chi connectivity index (χ0v) is 14.5. The highest BCUT2D eigenvalue weighted by Gasteiger charge is 2.39.